The first kappa shape index (κ1) is 21.9. The Labute approximate surface area is 189 Å². The van der Waals surface area contributed by atoms with E-state index in [1.165, 1.54) is 7.11 Å². The molecule has 1 atom stereocenters. The van der Waals surface area contributed by atoms with E-state index < -0.39 is 23.3 Å². The normalized spacial score (nSPS) is 14.6. The van der Waals surface area contributed by atoms with Crippen LogP contribution in [0.3, 0.4) is 0 Å². The van der Waals surface area contributed by atoms with Gasteiger partial charge < -0.3 is 25.4 Å². The first-order valence-corrected chi connectivity index (χ1v) is 10.4. The Morgan fingerprint density at radius 1 is 1.15 bits per heavy atom. The molecular weight excluding hydrogens is 426 g/mol. The number of H-pyrrole nitrogens is 1. The lowest BCUT2D eigenvalue weighted by Crippen LogP contribution is -2.36. The summed E-state index contributed by atoms with van der Waals surface area (Å²) in [5, 5.41) is 8.31. The van der Waals surface area contributed by atoms with Crippen LogP contribution in [0.25, 0.3) is 0 Å². The molecule has 1 aliphatic heterocycles. The van der Waals surface area contributed by atoms with Crippen molar-refractivity contribution in [1.82, 2.24) is 9.97 Å². The molecule has 0 spiro atoms. The number of aromatic amines is 1. The summed E-state index contributed by atoms with van der Waals surface area (Å²) >= 11 is 0. The lowest BCUT2D eigenvalue weighted by Gasteiger charge is -2.23. The number of hydrogen-bond acceptors (Lipinski definition) is 7. The van der Waals surface area contributed by atoms with Crippen LogP contribution in [-0.4, -0.2) is 35.5 Å². The van der Waals surface area contributed by atoms with Crippen molar-refractivity contribution in [3.63, 3.8) is 0 Å². The highest BCUT2D eigenvalue weighted by Crippen LogP contribution is 2.31. The summed E-state index contributed by atoms with van der Waals surface area (Å²) < 4.78 is 10.7. The highest BCUT2D eigenvalue weighted by Gasteiger charge is 2.34. The zero-order valence-electron chi connectivity index (χ0n) is 18.1. The van der Waals surface area contributed by atoms with Crippen molar-refractivity contribution in [3.05, 3.63) is 64.4 Å². The predicted octanol–water partition coefficient (Wildman–Crippen LogP) is 2.99. The predicted molar refractivity (Wildman–Crippen MR) is 123 cm³/mol. The molecule has 0 radical (unpaired) electrons. The molecule has 33 heavy (non-hydrogen) atoms. The SMILES string of the molecule is CCOc1ccc(NC(=O)[C@@H]2CC(=O)Nc3nc(Nc4ccccc4OC)[nH]c(=O)c32)cc1. The highest BCUT2D eigenvalue weighted by atomic mass is 16.5. The van der Waals surface area contributed by atoms with Gasteiger partial charge in [-0.2, -0.15) is 4.98 Å². The molecule has 2 amide bonds. The average Bonchev–Trinajstić information content (AvgIpc) is 2.80. The minimum absolute atomic E-state index is 0.0410. The third-order valence-corrected chi connectivity index (χ3v) is 5.06. The number of para-hydroxylation sites is 2. The largest absolute Gasteiger partial charge is 0.495 e. The number of benzene rings is 2. The molecule has 3 aromatic rings. The summed E-state index contributed by atoms with van der Waals surface area (Å²) in [6.45, 7) is 2.41. The van der Waals surface area contributed by atoms with Gasteiger partial charge in [0, 0.05) is 12.1 Å². The Morgan fingerprint density at radius 2 is 1.91 bits per heavy atom. The van der Waals surface area contributed by atoms with E-state index >= 15 is 0 Å². The van der Waals surface area contributed by atoms with Gasteiger partial charge in [-0.1, -0.05) is 12.1 Å². The highest BCUT2D eigenvalue weighted by molar-refractivity contribution is 6.04. The molecule has 4 rings (SSSR count). The molecule has 2 aromatic carbocycles. The van der Waals surface area contributed by atoms with Crippen LogP contribution < -0.4 is 31.0 Å². The third kappa shape index (κ3) is 4.79. The van der Waals surface area contributed by atoms with Crippen molar-refractivity contribution in [3.8, 4) is 11.5 Å². The molecular formula is C23H23N5O5. The maximum atomic E-state index is 13.0. The van der Waals surface area contributed by atoms with Gasteiger partial charge in [-0.05, 0) is 43.3 Å². The number of amides is 2. The van der Waals surface area contributed by atoms with Crippen molar-refractivity contribution in [2.24, 2.45) is 0 Å². The van der Waals surface area contributed by atoms with Crippen LogP contribution in [0.15, 0.2) is 53.3 Å². The molecule has 10 heteroatoms. The lowest BCUT2D eigenvalue weighted by atomic mass is 9.92. The molecule has 0 bridgehead atoms. The molecule has 0 saturated carbocycles. The maximum absolute atomic E-state index is 13.0. The quantitative estimate of drug-likeness (QED) is 0.436. The van der Waals surface area contributed by atoms with E-state index in [2.05, 4.69) is 25.9 Å². The number of nitrogens with zero attached hydrogens (tertiary/aromatic N) is 1. The van der Waals surface area contributed by atoms with Gasteiger partial charge in [0.1, 0.15) is 17.3 Å². The van der Waals surface area contributed by atoms with Crippen molar-refractivity contribution in [2.45, 2.75) is 19.3 Å². The molecule has 0 unspecified atom stereocenters. The van der Waals surface area contributed by atoms with Crippen LogP contribution in [0.2, 0.25) is 0 Å². The maximum Gasteiger partial charge on any atom is 0.258 e. The Hall–Kier alpha value is -4.34. The monoisotopic (exact) mass is 449 g/mol. The van der Waals surface area contributed by atoms with Crippen LogP contribution >= 0.6 is 0 Å². The zero-order valence-corrected chi connectivity index (χ0v) is 18.1. The minimum atomic E-state index is -0.989. The van der Waals surface area contributed by atoms with Gasteiger partial charge in [0.25, 0.3) is 5.56 Å². The summed E-state index contributed by atoms with van der Waals surface area (Å²) in [6, 6.07) is 13.9. The molecule has 4 N–H and O–H groups in total. The number of aromatic nitrogens is 2. The fourth-order valence-electron chi connectivity index (χ4n) is 3.56. The Bertz CT molecular complexity index is 1240. The summed E-state index contributed by atoms with van der Waals surface area (Å²) in [4.78, 5) is 45.1. The number of carbonyl (C=O) groups is 2. The van der Waals surface area contributed by atoms with E-state index in [1.54, 1.807) is 48.5 Å². The fourth-order valence-corrected chi connectivity index (χ4v) is 3.56. The average molecular weight is 449 g/mol. The smallest absolute Gasteiger partial charge is 0.258 e. The van der Waals surface area contributed by atoms with E-state index in [-0.39, 0.29) is 23.8 Å². The molecule has 0 fully saturated rings. The molecule has 0 aliphatic carbocycles. The summed E-state index contributed by atoms with van der Waals surface area (Å²) in [5.41, 5.74) is 0.678. The van der Waals surface area contributed by atoms with Crippen LogP contribution in [0.4, 0.5) is 23.1 Å². The van der Waals surface area contributed by atoms with Crippen LogP contribution in [0.1, 0.15) is 24.8 Å². The molecule has 1 aromatic heterocycles. The number of methoxy groups -OCH3 is 1. The number of ether oxygens (including phenoxy) is 2. The molecule has 170 valence electrons. The fraction of sp³-hybridized carbons (Fsp3) is 0.217. The second-order valence-electron chi connectivity index (χ2n) is 7.25. The number of nitrogens with one attached hydrogen (secondary N) is 4. The first-order chi connectivity index (χ1) is 16.0. The number of carbonyl (C=O) groups excluding carboxylic acids is 2. The first-order valence-electron chi connectivity index (χ1n) is 10.4. The van der Waals surface area contributed by atoms with Gasteiger partial charge in [-0.25, -0.2) is 0 Å². The summed E-state index contributed by atoms with van der Waals surface area (Å²) in [6.07, 6.45) is -0.167. The second kappa shape index (κ2) is 9.43. The van der Waals surface area contributed by atoms with E-state index in [9.17, 15) is 14.4 Å². The van der Waals surface area contributed by atoms with Crippen molar-refractivity contribution < 1.29 is 19.1 Å². The van der Waals surface area contributed by atoms with Crippen molar-refractivity contribution in [1.29, 1.82) is 0 Å². The number of rotatable bonds is 7. The van der Waals surface area contributed by atoms with Gasteiger partial charge in [0.15, 0.2) is 0 Å². The van der Waals surface area contributed by atoms with Crippen LogP contribution in [-0.2, 0) is 9.59 Å². The van der Waals surface area contributed by atoms with Crippen molar-refractivity contribution >= 4 is 35.0 Å². The van der Waals surface area contributed by atoms with Gasteiger partial charge in [-0.15, -0.1) is 0 Å². The Morgan fingerprint density at radius 3 is 2.64 bits per heavy atom. The third-order valence-electron chi connectivity index (χ3n) is 5.06. The van der Waals surface area contributed by atoms with Gasteiger partial charge >= 0.3 is 0 Å². The molecule has 10 nitrogen and oxygen atoms in total. The van der Waals surface area contributed by atoms with Gasteiger partial charge in [0.2, 0.25) is 17.8 Å². The van der Waals surface area contributed by atoms with E-state index in [4.69, 9.17) is 9.47 Å². The zero-order chi connectivity index (χ0) is 23.4. The van der Waals surface area contributed by atoms with Gasteiger partial charge in [0.05, 0.1) is 30.9 Å². The standard InChI is InChI=1S/C23H23N5O5/c1-3-33-14-10-8-13(9-11-14)24-21(30)15-12-18(29)26-20-19(15)22(31)28-23(27-20)25-16-6-4-5-7-17(16)32-2/h4-11,15H,3,12H2,1-2H3,(H,24,30)(H3,25,26,27,28,29,31)/t15-/m1/s1. The van der Waals surface area contributed by atoms with Gasteiger partial charge in [-0.3, -0.25) is 19.4 Å². The van der Waals surface area contributed by atoms with E-state index in [1.807, 2.05) is 6.92 Å². The topological polar surface area (TPSA) is 134 Å². The lowest BCUT2D eigenvalue weighted by molar-refractivity contribution is -0.123. The number of fused-ring (bicyclic) bond motifs is 1. The molecule has 1 aliphatic rings. The minimum Gasteiger partial charge on any atom is -0.495 e. The van der Waals surface area contributed by atoms with Crippen LogP contribution in [0.5, 0.6) is 11.5 Å². The number of anilines is 4. The Balaban J connectivity index is 1.59. The second-order valence-corrected chi connectivity index (χ2v) is 7.25. The summed E-state index contributed by atoms with van der Waals surface area (Å²) in [5.74, 6) is -0.501. The molecule has 2 heterocycles. The summed E-state index contributed by atoms with van der Waals surface area (Å²) in [7, 11) is 1.53. The van der Waals surface area contributed by atoms with E-state index in [0.29, 0.717) is 29.5 Å². The van der Waals surface area contributed by atoms with Crippen molar-refractivity contribution in [2.75, 3.05) is 29.7 Å². The van der Waals surface area contributed by atoms with Crippen LogP contribution in [0, 0.1) is 0 Å². The number of hydrogen-bond donors (Lipinski definition) is 4. The van der Waals surface area contributed by atoms with E-state index in [0.717, 1.165) is 0 Å². The Kier molecular flexibility index (Phi) is 6.25. The molecule has 0 saturated heterocycles.